The van der Waals surface area contributed by atoms with E-state index in [2.05, 4.69) is 0 Å². The van der Waals surface area contributed by atoms with Crippen molar-refractivity contribution in [3.8, 4) is 28.2 Å². The number of hydrogen-bond acceptors (Lipinski definition) is 5. The van der Waals surface area contributed by atoms with Crippen LogP contribution in [0.5, 0.6) is 0 Å². The number of likely N-dealkylation sites (N-methyl/N-ethyl adjacent to an activating group) is 2. The molecule has 1 aliphatic rings. The molecule has 3 aromatic carbocycles. The third-order valence-electron chi connectivity index (χ3n) is 6.41. The highest BCUT2D eigenvalue weighted by Gasteiger charge is 2.38. The first-order valence-corrected chi connectivity index (χ1v) is 11.7. The van der Waals surface area contributed by atoms with Crippen molar-refractivity contribution in [2.75, 3.05) is 14.1 Å². The lowest BCUT2D eigenvalue weighted by molar-refractivity contribution is -0.384. The van der Waals surface area contributed by atoms with Gasteiger partial charge in [-0.2, -0.15) is 0 Å². The van der Waals surface area contributed by atoms with E-state index in [-0.39, 0.29) is 11.3 Å². The number of carbonyl (C=O) groups is 3. The van der Waals surface area contributed by atoms with Gasteiger partial charge in [0.15, 0.2) is 0 Å². The van der Waals surface area contributed by atoms with Gasteiger partial charge in [0.2, 0.25) is 0 Å². The number of benzene rings is 3. The Morgan fingerprint density at radius 1 is 0.737 bits per heavy atom. The zero-order chi connectivity index (χ0) is 27.0. The molecule has 0 bridgehead atoms. The number of nitrogens with zero attached hydrogens (tertiary/aromatic N) is 4. The standard InChI is InChI=1S/C29H22N4O5/c1-30-27(34)24(28(35)31(2)29(30)36)17-21-18-25(19-9-5-3-6-10-19)32(26(21)20-11-7-4-8-12-20)22-13-15-23(16-14-22)33(37)38/h3-18H,1-2H3. The Labute approximate surface area is 218 Å². The maximum atomic E-state index is 13.0. The van der Waals surface area contributed by atoms with Crippen LogP contribution in [0.3, 0.4) is 0 Å². The van der Waals surface area contributed by atoms with E-state index in [0.717, 1.165) is 26.6 Å². The number of imide groups is 2. The Morgan fingerprint density at radius 2 is 1.26 bits per heavy atom. The van der Waals surface area contributed by atoms with Crippen LogP contribution in [0.1, 0.15) is 5.56 Å². The van der Waals surface area contributed by atoms with E-state index in [1.54, 1.807) is 12.1 Å². The molecule has 0 unspecified atom stereocenters. The van der Waals surface area contributed by atoms with E-state index < -0.39 is 22.8 Å². The second-order valence-electron chi connectivity index (χ2n) is 8.74. The average Bonchev–Trinajstić information content (AvgIpc) is 3.33. The highest BCUT2D eigenvalue weighted by atomic mass is 16.6. The second-order valence-corrected chi connectivity index (χ2v) is 8.74. The lowest BCUT2D eigenvalue weighted by atomic mass is 10.0. The minimum Gasteiger partial charge on any atom is -0.309 e. The number of nitro groups is 1. The molecule has 1 fully saturated rings. The fraction of sp³-hybridized carbons (Fsp3) is 0.0690. The second kappa shape index (κ2) is 9.62. The maximum Gasteiger partial charge on any atom is 0.333 e. The summed E-state index contributed by atoms with van der Waals surface area (Å²) in [5.41, 5.74) is 4.12. The largest absolute Gasteiger partial charge is 0.333 e. The molecule has 188 valence electrons. The number of rotatable bonds is 5. The van der Waals surface area contributed by atoms with Gasteiger partial charge < -0.3 is 4.57 Å². The highest BCUT2D eigenvalue weighted by molar-refractivity contribution is 6.30. The summed E-state index contributed by atoms with van der Waals surface area (Å²) < 4.78 is 1.94. The van der Waals surface area contributed by atoms with Gasteiger partial charge in [0.05, 0.1) is 16.3 Å². The summed E-state index contributed by atoms with van der Waals surface area (Å²) in [6, 6.07) is 26.3. The summed E-state index contributed by atoms with van der Waals surface area (Å²) in [4.78, 5) is 50.9. The van der Waals surface area contributed by atoms with Crippen molar-refractivity contribution in [2.45, 2.75) is 0 Å². The number of hydrogen-bond donors (Lipinski definition) is 0. The molecule has 0 aliphatic carbocycles. The number of non-ortho nitro benzene ring substituents is 1. The van der Waals surface area contributed by atoms with Crippen LogP contribution in [0.25, 0.3) is 34.3 Å². The molecule has 1 aromatic heterocycles. The first-order chi connectivity index (χ1) is 18.3. The Balaban J connectivity index is 1.82. The van der Waals surface area contributed by atoms with Gasteiger partial charge in [-0.3, -0.25) is 29.5 Å². The van der Waals surface area contributed by atoms with Crippen molar-refractivity contribution in [3.63, 3.8) is 0 Å². The Hall–Kier alpha value is -5.31. The molecule has 0 saturated carbocycles. The van der Waals surface area contributed by atoms with Gasteiger partial charge in [-0.05, 0) is 35.4 Å². The molecule has 5 rings (SSSR count). The van der Waals surface area contributed by atoms with Gasteiger partial charge in [0, 0.05) is 37.5 Å². The van der Waals surface area contributed by atoms with Gasteiger partial charge >= 0.3 is 6.03 Å². The zero-order valence-corrected chi connectivity index (χ0v) is 20.6. The Kier molecular flexibility index (Phi) is 6.18. The first-order valence-electron chi connectivity index (χ1n) is 11.7. The van der Waals surface area contributed by atoms with Crippen LogP contribution in [0.15, 0.2) is 96.6 Å². The minimum absolute atomic E-state index is 0.0417. The summed E-state index contributed by atoms with van der Waals surface area (Å²) in [7, 11) is 2.66. The van der Waals surface area contributed by atoms with Gasteiger partial charge in [-0.15, -0.1) is 0 Å². The van der Waals surface area contributed by atoms with Gasteiger partial charge in [0.25, 0.3) is 17.5 Å². The van der Waals surface area contributed by atoms with Gasteiger partial charge in [0.1, 0.15) is 5.57 Å². The molecule has 0 radical (unpaired) electrons. The van der Waals surface area contributed by atoms with Crippen molar-refractivity contribution >= 4 is 29.6 Å². The summed E-state index contributed by atoms with van der Waals surface area (Å²) >= 11 is 0. The predicted molar refractivity (Wildman–Crippen MR) is 142 cm³/mol. The molecule has 1 aliphatic heterocycles. The molecule has 2 heterocycles. The highest BCUT2D eigenvalue weighted by Crippen LogP contribution is 2.38. The maximum absolute atomic E-state index is 13.0. The van der Waals surface area contributed by atoms with E-state index in [4.69, 9.17) is 0 Å². The molecule has 0 atom stereocenters. The van der Waals surface area contributed by atoms with Crippen molar-refractivity contribution in [2.24, 2.45) is 0 Å². The average molecular weight is 507 g/mol. The predicted octanol–water partition coefficient (Wildman–Crippen LogP) is 5.15. The van der Waals surface area contributed by atoms with Gasteiger partial charge in [-0.25, -0.2) is 4.79 Å². The number of barbiturate groups is 1. The van der Waals surface area contributed by atoms with Crippen LogP contribution in [-0.2, 0) is 9.59 Å². The number of aromatic nitrogens is 1. The van der Waals surface area contributed by atoms with Crippen molar-refractivity contribution in [3.05, 3.63) is 112 Å². The van der Waals surface area contributed by atoms with Crippen LogP contribution in [0.4, 0.5) is 10.5 Å². The van der Waals surface area contributed by atoms with E-state index in [1.807, 2.05) is 71.3 Å². The smallest absolute Gasteiger partial charge is 0.309 e. The van der Waals surface area contributed by atoms with Crippen LogP contribution < -0.4 is 0 Å². The fourth-order valence-electron chi connectivity index (χ4n) is 4.48. The molecular weight excluding hydrogens is 484 g/mol. The van der Waals surface area contributed by atoms with Crippen molar-refractivity contribution in [1.29, 1.82) is 0 Å². The van der Waals surface area contributed by atoms with Crippen LogP contribution in [0.2, 0.25) is 0 Å². The van der Waals surface area contributed by atoms with Crippen LogP contribution >= 0.6 is 0 Å². The fourth-order valence-corrected chi connectivity index (χ4v) is 4.48. The van der Waals surface area contributed by atoms with Crippen molar-refractivity contribution < 1.29 is 19.3 Å². The molecule has 1 saturated heterocycles. The number of carbonyl (C=O) groups excluding carboxylic acids is 3. The lowest BCUT2D eigenvalue weighted by Gasteiger charge is -2.28. The number of amides is 4. The first kappa shape index (κ1) is 24.4. The molecule has 38 heavy (non-hydrogen) atoms. The SMILES string of the molecule is CN1C(=O)C(=Cc2cc(-c3ccccc3)n(-c3ccc([N+](=O)[O-])cc3)c2-c2ccccc2)C(=O)N(C)C1=O. The van der Waals surface area contributed by atoms with E-state index in [0.29, 0.717) is 16.9 Å². The van der Waals surface area contributed by atoms with Crippen molar-refractivity contribution in [1.82, 2.24) is 14.4 Å². The van der Waals surface area contributed by atoms with E-state index in [9.17, 15) is 24.5 Å². The minimum atomic E-state index is -0.700. The summed E-state index contributed by atoms with van der Waals surface area (Å²) in [6.07, 6.45) is 1.50. The molecule has 0 N–H and O–H groups in total. The topological polar surface area (TPSA) is 106 Å². The normalized spacial score (nSPS) is 13.7. The molecule has 9 nitrogen and oxygen atoms in total. The zero-order valence-electron chi connectivity index (χ0n) is 20.6. The Bertz CT molecular complexity index is 1580. The molecule has 9 heteroatoms. The summed E-state index contributed by atoms with van der Waals surface area (Å²) in [5, 5.41) is 11.3. The van der Waals surface area contributed by atoms with Crippen LogP contribution in [0, 0.1) is 10.1 Å². The molecule has 0 spiro atoms. The Morgan fingerprint density at radius 3 is 1.79 bits per heavy atom. The number of nitro benzene ring substituents is 1. The summed E-state index contributed by atoms with van der Waals surface area (Å²) in [6.45, 7) is 0. The summed E-state index contributed by atoms with van der Waals surface area (Å²) in [5.74, 6) is -1.39. The lowest BCUT2D eigenvalue weighted by Crippen LogP contribution is -2.52. The third kappa shape index (κ3) is 4.16. The third-order valence-corrected chi connectivity index (χ3v) is 6.41. The van der Waals surface area contributed by atoms with Crippen LogP contribution in [-0.4, -0.2) is 51.2 Å². The molecule has 4 amide bonds. The quantitative estimate of drug-likeness (QED) is 0.161. The van der Waals surface area contributed by atoms with E-state index in [1.165, 1.54) is 32.3 Å². The van der Waals surface area contributed by atoms with Gasteiger partial charge in [-0.1, -0.05) is 60.7 Å². The molecule has 4 aromatic rings. The molecular formula is C29H22N4O5. The monoisotopic (exact) mass is 506 g/mol. The van der Waals surface area contributed by atoms with E-state index >= 15 is 0 Å². The number of urea groups is 1.